The molecule has 5 rings (SSSR count). The molecule has 4 aromatic rings. The predicted octanol–water partition coefficient (Wildman–Crippen LogP) is 4.15. The summed E-state index contributed by atoms with van der Waals surface area (Å²) in [4.78, 5) is 4.60. The molecule has 1 atom stereocenters. The van der Waals surface area contributed by atoms with E-state index in [1.54, 1.807) is 54.7 Å². The fourth-order valence-electron chi connectivity index (χ4n) is 3.74. The van der Waals surface area contributed by atoms with Gasteiger partial charge in [0, 0.05) is 11.6 Å². The monoisotopic (exact) mass is 437 g/mol. The van der Waals surface area contributed by atoms with Crippen molar-refractivity contribution in [3.8, 4) is 16.9 Å². The van der Waals surface area contributed by atoms with E-state index in [4.69, 9.17) is 4.18 Å². The lowest BCUT2D eigenvalue weighted by molar-refractivity contribution is 0.488. The van der Waals surface area contributed by atoms with E-state index >= 15 is 0 Å². The molecular formula is C22H15NO5S2. The van der Waals surface area contributed by atoms with Gasteiger partial charge in [-0.25, -0.2) is 4.21 Å². The highest BCUT2D eigenvalue weighted by molar-refractivity contribution is 7.87. The minimum absolute atomic E-state index is 0.0490. The first-order chi connectivity index (χ1) is 14.4. The minimum Gasteiger partial charge on any atom is -0.377 e. The van der Waals surface area contributed by atoms with E-state index < -0.39 is 21.2 Å². The molecular weight excluding hydrogens is 422 g/mol. The largest absolute Gasteiger partial charge is 0.377 e. The third-order valence-electron chi connectivity index (χ3n) is 5.11. The number of hydrogen-bond acceptors (Lipinski definition) is 5. The molecule has 1 heterocycles. The van der Waals surface area contributed by atoms with Crippen molar-refractivity contribution < 1.29 is 21.4 Å². The van der Waals surface area contributed by atoms with Crippen LogP contribution < -0.4 is 4.18 Å². The molecule has 0 amide bonds. The van der Waals surface area contributed by atoms with Gasteiger partial charge < -0.3 is 8.74 Å². The summed E-state index contributed by atoms with van der Waals surface area (Å²) in [6.45, 7) is 0. The van der Waals surface area contributed by atoms with Crippen LogP contribution in [0.1, 0.15) is 11.1 Å². The van der Waals surface area contributed by atoms with E-state index in [1.807, 2.05) is 12.1 Å². The molecule has 150 valence electrons. The Labute approximate surface area is 175 Å². The highest BCUT2D eigenvalue weighted by atomic mass is 32.2. The molecule has 0 radical (unpaired) electrons. The quantitative estimate of drug-likeness (QED) is 0.335. The summed E-state index contributed by atoms with van der Waals surface area (Å²) in [6.07, 6.45) is 2.07. The minimum atomic E-state index is -4.06. The molecule has 1 aliphatic rings. The summed E-state index contributed by atoms with van der Waals surface area (Å²) in [5.41, 5.74) is 4.03. The van der Waals surface area contributed by atoms with Crippen LogP contribution in [-0.4, -0.2) is 22.2 Å². The van der Waals surface area contributed by atoms with E-state index in [2.05, 4.69) is 4.98 Å². The molecule has 6 nitrogen and oxygen atoms in total. The van der Waals surface area contributed by atoms with Gasteiger partial charge in [-0.3, -0.25) is 4.98 Å². The molecule has 1 aliphatic carbocycles. The zero-order valence-corrected chi connectivity index (χ0v) is 17.1. The lowest BCUT2D eigenvalue weighted by Crippen LogP contribution is -2.10. The maximum atomic E-state index is 12.9. The van der Waals surface area contributed by atoms with Crippen LogP contribution in [0.4, 0.5) is 0 Å². The Morgan fingerprint density at radius 1 is 0.933 bits per heavy atom. The molecule has 0 saturated carbocycles. The van der Waals surface area contributed by atoms with Crippen LogP contribution in [0.15, 0.2) is 82.7 Å². The van der Waals surface area contributed by atoms with Gasteiger partial charge in [-0.15, -0.1) is 0 Å². The van der Waals surface area contributed by atoms with E-state index in [0.717, 1.165) is 27.6 Å². The summed E-state index contributed by atoms with van der Waals surface area (Å²) in [5, 5.41) is 0.784. The molecule has 0 saturated heterocycles. The Balaban J connectivity index is 1.51. The second-order valence-corrected chi connectivity index (χ2v) is 9.45. The van der Waals surface area contributed by atoms with Gasteiger partial charge in [0.2, 0.25) is 0 Å². The second-order valence-electron chi connectivity index (χ2n) is 6.93. The molecule has 0 aliphatic heterocycles. The standard InChI is InChI=1S/C22H15NO5S2/c24-29(25)17-6-8-19-15(12-17)11-16-13-18(7-9-20(16)19)30(26,27)28-21-5-1-3-14-4-2-10-23-22(14)21/h1-10,12-13H,11H2,(H,24,25). The molecule has 3 aromatic carbocycles. The van der Waals surface area contributed by atoms with Crippen molar-refractivity contribution in [2.45, 2.75) is 16.2 Å². The number of para-hydroxylation sites is 1. The molecule has 1 aromatic heterocycles. The van der Waals surface area contributed by atoms with Crippen molar-refractivity contribution in [3.63, 3.8) is 0 Å². The zero-order valence-electron chi connectivity index (χ0n) is 15.5. The lowest BCUT2D eigenvalue weighted by atomic mass is 10.1. The number of pyridine rings is 1. The van der Waals surface area contributed by atoms with Crippen molar-refractivity contribution in [2.75, 3.05) is 0 Å². The highest BCUT2D eigenvalue weighted by Gasteiger charge is 2.24. The van der Waals surface area contributed by atoms with Gasteiger partial charge in [-0.2, -0.15) is 8.42 Å². The van der Waals surface area contributed by atoms with Crippen LogP contribution in [0.5, 0.6) is 5.75 Å². The van der Waals surface area contributed by atoms with Crippen LogP contribution in [0.25, 0.3) is 22.0 Å². The third-order valence-corrected chi connectivity index (χ3v) is 7.00. The SMILES string of the molecule is O=S(O)c1ccc2c(c1)Cc1cc(S(=O)(=O)Oc3cccc4cccnc34)ccc1-2. The molecule has 1 N–H and O–H groups in total. The number of benzene rings is 3. The first-order valence-electron chi connectivity index (χ1n) is 9.08. The second kappa shape index (κ2) is 7.02. The molecule has 8 heteroatoms. The fourth-order valence-corrected chi connectivity index (χ4v) is 5.15. The van der Waals surface area contributed by atoms with Crippen LogP contribution in [0, 0.1) is 0 Å². The maximum absolute atomic E-state index is 12.9. The van der Waals surface area contributed by atoms with Crippen molar-refractivity contribution >= 4 is 32.1 Å². The van der Waals surface area contributed by atoms with E-state index in [9.17, 15) is 17.2 Å². The topological polar surface area (TPSA) is 93.6 Å². The lowest BCUT2D eigenvalue weighted by Gasteiger charge is -2.10. The van der Waals surface area contributed by atoms with Gasteiger partial charge in [0.25, 0.3) is 0 Å². The Kier molecular flexibility index (Phi) is 4.43. The van der Waals surface area contributed by atoms with Crippen LogP contribution in [0.3, 0.4) is 0 Å². The van der Waals surface area contributed by atoms with Crippen LogP contribution >= 0.6 is 0 Å². The molecule has 0 fully saturated rings. The number of rotatable bonds is 4. The zero-order chi connectivity index (χ0) is 20.9. The highest BCUT2D eigenvalue weighted by Crippen LogP contribution is 2.39. The average molecular weight is 437 g/mol. The number of fused-ring (bicyclic) bond motifs is 4. The van der Waals surface area contributed by atoms with Gasteiger partial charge in [0.05, 0.1) is 4.90 Å². The van der Waals surface area contributed by atoms with Crippen molar-refractivity contribution in [1.82, 2.24) is 4.98 Å². The van der Waals surface area contributed by atoms with Crippen LogP contribution in [-0.2, 0) is 27.6 Å². The smallest absolute Gasteiger partial charge is 0.339 e. The Hall–Kier alpha value is -3.07. The summed E-state index contributed by atoms with van der Waals surface area (Å²) >= 11 is -2.06. The summed E-state index contributed by atoms with van der Waals surface area (Å²) in [6, 6.07) is 18.7. The molecule has 0 spiro atoms. The van der Waals surface area contributed by atoms with Gasteiger partial charge >= 0.3 is 10.1 Å². The molecule has 1 unspecified atom stereocenters. The molecule has 0 bridgehead atoms. The molecule has 30 heavy (non-hydrogen) atoms. The van der Waals surface area contributed by atoms with E-state index in [1.165, 1.54) is 6.07 Å². The normalized spacial score (nSPS) is 13.6. The van der Waals surface area contributed by atoms with E-state index in [0.29, 0.717) is 16.8 Å². The summed E-state index contributed by atoms with van der Waals surface area (Å²) < 4.78 is 51.9. The number of hydrogen-bond donors (Lipinski definition) is 1. The Bertz CT molecular complexity index is 1440. The van der Waals surface area contributed by atoms with Crippen molar-refractivity contribution in [3.05, 3.63) is 84.1 Å². The number of aromatic nitrogens is 1. The van der Waals surface area contributed by atoms with Crippen molar-refractivity contribution in [2.24, 2.45) is 0 Å². The fraction of sp³-hybridized carbons (Fsp3) is 0.0455. The van der Waals surface area contributed by atoms with Gasteiger partial charge in [-0.05, 0) is 65.1 Å². The first kappa shape index (κ1) is 18.9. The maximum Gasteiger partial charge on any atom is 0.339 e. The summed E-state index contributed by atoms with van der Waals surface area (Å²) in [5.74, 6) is 0.173. The van der Waals surface area contributed by atoms with Gasteiger partial charge in [0.15, 0.2) is 16.8 Å². The van der Waals surface area contributed by atoms with E-state index in [-0.39, 0.29) is 10.6 Å². The van der Waals surface area contributed by atoms with Gasteiger partial charge in [-0.1, -0.05) is 30.3 Å². The number of nitrogens with zero attached hydrogens (tertiary/aromatic N) is 1. The Morgan fingerprint density at radius 2 is 1.67 bits per heavy atom. The third kappa shape index (κ3) is 3.19. The average Bonchev–Trinajstić information content (AvgIpc) is 3.11. The Morgan fingerprint density at radius 3 is 2.47 bits per heavy atom. The first-order valence-corrected chi connectivity index (χ1v) is 11.6. The summed E-state index contributed by atoms with van der Waals surface area (Å²) in [7, 11) is -4.06. The van der Waals surface area contributed by atoms with Crippen LogP contribution in [0.2, 0.25) is 0 Å². The van der Waals surface area contributed by atoms with Gasteiger partial charge in [0.1, 0.15) is 10.4 Å². The van der Waals surface area contributed by atoms with Crippen molar-refractivity contribution in [1.29, 1.82) is 0 Å². The predicted molar refractivity (Wildman–Crippen MR) is 113 cm³/mol.